The zero-order chi connectivity index (χ0) is 11.2. The average molecular weight is 221 g/mol. The topological polar surface area (TPSA) is 21.7 Å². The Morgan fingerprint density at radius 2 is 1.69 bits per heavy atom. The van der Waals surface area contributed by atoms with Gasteiger partial charge in [-0.3, -0.25) is 4.90 Å². The van der Waals surface area contributed by atoms with E-state index in [0.717, 1.165) is 24.7 Å². The molecular weight excluding hydrogens is 202 g/mol. The molecule has 2 rings (SSSR count). The molecule has 0 spiro atoms. The van der Waals surface area contributed by atoms with Gasteiger partial charge in [0.2, 0.25) is 0 Å². The van der Waals surface area contributed by atoms with Gasteiger partial charge >= 0.3 is 0 Å². The van der Waals surface area contributed by atoms with Crippen LogP contribution in [0.15, 0.2) is 24.3 Å². The van der Waals surface area contributed by atoms with E-state index in [9.17, 15) is 0 Å². The van der Waals surface area contributed by atoms with Gasteiger partial charge in [0.1, 0.15) is 18.1 Å². The maximum absolute atomic E-state index is 5.67. The smallest absolute Gasteiger partial charge is 0.119 e. The number of methoxy groups -OCH3 is 1. The van der Waals surface area contributed by atoms with E-state index in [-0.39, 0.29) is 0 Å². The fourth-order valence-corrected chi connectivity index (χ4v) is 1.97. The third-order valence-corrected chi connectivity index (χ3v) is 2.93. The maximum atomic E-state index is 5.67. The van der Waals surface area contributed by atoms with Crippen LogP contribution in [0.5, 0.6) is 11.5 Å². The molecule has 0 N–H and O–H groups in total. The predicted molar refractivity (Wildman–Crippen MR) is 64.2 cm³/mol. The normalized spacial score (nSPS) is 16.3. The van der Waals surface area contributed by atoms with Crippen molar-refractivity contribution in [2.24, 2.45) is 0 Å². The lowest BCUT2D eigenvalue weighted by Gasteiger charge is -2.14. The summed E-state index contributed by atoms with van der Waals surface area (Å²) >= 11 is 0. The van der Waals surface area contributed by atoms with Gasteiger partial charge in [-0.1, -0.05) is 0 Å². The number of rotatable bonds is 5. The van der Waals surface area contributed by atoms with Crippen molar-refractivity contribution in [3.63, 3.8) is 0 Å². The highest BCUT2D eigenvalue weighted by Gasteiger charge is 2.10. The second-order valence-corrected chi connectivity index (χ2v) is 4.07. The Morgan fingerprint density at radius 1 is 1.06 bits per heavy atom. The van der Waals surface area contributed by atoms with Crippen LogP contribution in [-0.4, -0.2) is 38.3 Å². The molecule has 1 aromatic rings. The highest BCUT2D eigenvalue weighted by atomic mass is 16.5. The Balaban J connectivity index is 1.71. The van der Waals surface area contributed by atoms with Crippen LogP contribution in [-0.2, 0) is 0 Å². The number of hydrogen-bond acceptors (Lipinski definition) is 3. The SMILES string of the molecule is COc1ccc(OCCN2CCCC2)cc1. The van der Waals surface area contributed by atoms with Crippen LogP contribution in [0.2, 0.25) is 0 Å². The molecule has 1 aromatic carbocycles. The van der Waals surface area contributed by atoms with Gasteiger partial charge in [0.15, 0.2) is 0 Å². The third kappa shape index (κ3) is 3.14. The van der Waals surface area contributed by atoms with Gasteiger partial charge in [-0.2, -0.15) is 0 Å². The molecule has 16 heavy (non-hydrogen) atoms. The third-order valence-electron chi connectivity index (χ3n) is 2.93. The van der Waals surface area contributed by atoms with Gasteiger partial charge in [0, 0.05) is 6.54 Å². The highest BCUT2D eigenvalue weighted by Crippen LogP contribution is 2.17. The van der Waals surface area contributed by atoms with Crippen LogP contribution < -0.4 is 9.47 Å². The van der Waals surface area contributed by atoms with Crippen molar-refractivity contribution >= 4 is 0 Å². The van der Waals surface area contributed by atoms with Crippen LogP contribution in [0.1, 0.15) is 12.8 Å². The van der Waals surface area contributed by atoms with Gasteiger partial charge in [0.25, 0.3) is 0 Å². The monoisotopic (exact) mass is 221 g/mol. The number of likely N-dealkylation sites (tertiary alicyclic amines) is 1. The first-order valence-electron chi connectivity index (χ1n) is 5.88. The van der Waals surface area contributed by atoms with Gasteiger partial charge in [-0.25, -0.2) is 0 Å². The van der Waals surface area contributed by atoms with Gasteiger partial charge < -0.3 is 9.47 Å². The van der Waals surface area contributed by atoms with Crippen molar-refractivity contribution in [3.8, 4) is 11.5 Å². The molecule has 1 aliphatic heterocycles. The molecule has 3 nitrogen and oxygen atoms in total. The second-order valence-electron chi connectivity index (χ2n) is 4.07. The lowest BCUT2D eigenvalue weighted by molar-refractivity contribution is 0.237. The van der Waals surface area contributed by atoms with Gasteiger partial charge in [-0.15, -0.1) is 0 Å². The lowest BCUT2D eigenvalue weighted by Crippen LogP contribution is -2.25. The van der Waals surface area contributed by atoms with E-state index < -0.39 is 0 Å². The minimum Gasteiger partial charge on any atom is -0.497 e. The summed E-state index contributed by atoms with van der Waals surface area (Å²) in [4.78, 5) is 2.45. The molecule has 0 saturated carbocycles. The van der Waals surface area contributed by atoms with E-state index in [2.05, 4.69) is 4.90 Å². The Kier molecular flexibility index (Phi) is 4.05. The van der Waals surface area contributed by atoms with Crippen molar-refractivity contribution in [2.45, 2.75) is 12.8 Å². The standard InChI is InChI=1S/C13H19NO2/c1-15-12-4-6-13(7-5-12)16-11-10-14-8-2-3-9-14/h4-7H,2-3,8-11H2,1H3. The molecule has 0 unspecified atom stereocenters. The summed E-state index contributed by atoms with van der Waals surface area (Å²) in [6.07, 6.45) is 2.67. The summed E-state index contributed by atoms with van der Waals surface area (Å²) < 4.78 is 10.8. The fraction of sp³-hybridized carbons (Fsp3) is 0.538. The molecule has 0 radical (unpaired) electrons. The molecule has 1 aliphatic rings. The summed E-state index contributed by atoms with van der Waals surface area (Å²) in [5, 5.41) is 0. The van der Waals surface area contributed by atoms with Crippen LogP contribution in [0.4, 0.5) is 0 Å². The average Bonchev–Trinajstić information content (AvgIpc) is 2.83. The van der Waals surface area contributed by atoms with Gasteiger partial charge in [-0.05, 0) is 50.2 Å². The summed E-state index contributed by atoms with van der Waals surface area (Å²) in [5.41, 5.74) is 0. The molecule has 88 valence electrons. The van der Waals surface area contributed by atoms with E-state index in [4.69, 9.17) is 9.47 Å². The predicted octanol–water partition coefficient (Wildman–Crippen LogP) is 2.17. The molecule has 0 bridgehead atoms. The fourth-order valence-electron chi connectivity index (χ4n) is 1.97. The van der Waals surface area contributed by atoms with Crippen molar-refractivity contribution in [2.75, 3.05) is 33.4 Å². The van der Waals surface area contributed by atoms with Crippen LogP contribution in [0.3, 0.4) is 0 Å². The summed E-state index contributed by atoms with van der Waals surface area (Å²) in [5.74, 6) is 1.78. The Hall–Kier alpha value is -1.22. The molecular formula is C13H19NO2. The quantitative estimate of drug-likeness (QED) is 0.760. The molecule has 1 saturated heterocycles. The minimum atomic E-state index is 0.770. The number of benzene rings is 1. The largest absolute Gasteiger partial charge is 0.497 e. The summed E-state index contributed by atoms with van der Waals surface area (Å²) in [7, 11) is 1.67. The second kappa shape index (κ2) is 5.75. The zero-order valence-corrected chi connectivity index (χ0v) is 9.82. The van der Waals surface area contributed by atoms with E-state index in [1.54, 1.807) is 7.11 Å². The first-order chi connectivity index (χ1) is 7.88. The Bertz CT molecular complexity index is 304. The van der Waals surface area contributed by atoms with Crippen molar-refractivity contribution in [1.29, 1.82) is 0 Å². The molecule has 1 heterocycles. The van der Waals surface area contributed by atoms with E-state index in [0.29, 0.717) is 0 Å². The molecule has 0 atom stereocenters. The molecule has 0 aliphatic carbocycles. The van der Waals surface area contributed by atoms with Crippen molar-refractivity contribution < 1.29 is 9.47 Å². The molecule has 3 heteroatoms. The lowest BCUT2D eigenvalue weighted by atomic mass is 10.3. The molecule has 0 aromatic heterocycles. The Morgan fingerprint density at radius 3 is 2.31 bits per heavy atom. The van der Waals surface area contributed by atoms with Gasteiger partial charge in [0.05, 0.1) is 7.11 Å². The van der Waals surface area contributed by atoms with Crippen molar-refractivity contribution in [1.82, 2.24) is 4.90 Å². The first-order valence-corrected chi connectivity index (χ1v) is 5.88. The number of ether oxygens (including phenoxy) is 2. The molecule has 1 fully saturated rings. The van der Waals surface area contributed by atoms with Crippen molar-refractivity contribution in [3.05, 3.63) is 24.3 Å². The van der Waals surface area contributed by atoms with Crippen LogP contribution in [0, 0.1) is 0 Å². The van der Waals surface area contributed by atoms with E-state index in [1.807, 2.05) is 24.3 Å². The summed E-state index contributed by atoms with van der Waals surface area (Å²) in [6, 6.07) is 7.74. The maximum Gasteiger partial charge on any atom is 0.119 e. The van der Waals surface area contributed by atoms with Crippen LogP contribution >= 0.6 is 0 Å². The molecule has 0 amide bonds. The summed E-state index contributed by atoms with van der Waals surface area (Å²) in [6.45, 7) is 4.26. The van der Waals surface area contributed by atoms with E-state index >= 15 is 0 Å². The van der Waals surface area contributed by atoms with Crippen LogP contribution in [0.25, 0.3) is 0 Å². The number of nitrogens with zero attached hydrogens (tertiary/aromatic N) is 1. The highest BCUT2D eigenvalue weighted by molar-refractivity contribution is 5.31. The Labute approximate surface area is 97.0 Å². The number of hydrogen-bond donors (Lipinski definition) is 0. The minimum absolute atomic E-state index is 0.770. The van der Waals surface area contributed by atoms with E-state index in [1.165, 1.54) is 25.9 Å². The zero-order valence-electron chi connectivity index (χ0n) is 9.82. The first kappa shape index (κ1) is 11.3.